The smallest absolute Gasteiger partial charge is 0.0509 e. The molecule has 2 fully saturated rings. The van der Waals surface area contributed by atoms with E-state index in [2.05, 4.69) is 12.2 Å². The van der Waals surface area contributed by atoms with E-state index in [1.165, 1.54) is 51.5 Å². The largest absolute Gasteiger partial charge is 0.381 e. The summed E-state index contributed by atoms with van der Waals surface area (Å²) in [5, 5.41) is 3.74. The van der Waals surface area contributed by atoms with Crippen molar-refractivity contribution in [3.63, 3.8) is 0 Å². The zero-order chi connectivity index (χ0) is 11.2. The topological polar surface area (TPSA) is 21.3 Å². The maximum Gasteiger partial charge on any atom is 0.0509 e. The van der Waals surface area contributed by atoms with Crippen LogP contribution in [-0.4, -0.2) is 25.8 Å². The summed E-state index contributed by atoms with van der Waals surface area (Å²) in [4.78, 5) is 0. The van der Waals surface area contributed by atoms with Crippen LogP contribution in [0.25, 0.3) is 0 Å². The molecule has 0 aromatic carbocycles. The molecule has 16 heavy (non-hydrogen) atoms. The van der Waals surface area contributed by atoms with Crippen LogP contribution < -0.4 is 5.32 Å². The van der Waals surface area contributed by atoms with Gasteiger partial charge in [-0.15, -0.1) is 0 Å². The van der Waals surface area contributed by atoms with E-state index in [1.54, 1.807) is 0 Å². The predicted molar refractivity (Wildman–Crippen MR) is 67.6 cm³/mol. The summed E-state index contributed by atoms with van der Waals surface area (Å²) in [6.07, 6.45) is 9.66. The minimum Gasteiger partial charge on any atom is -0.381 e. The summed E-state index contributed by atoms with van der Waals surface area (Å²) in [5.74, 6) is 1.84. The van der Waals surface area contributed by atoms with Crippen LogP contribution in [-0.2, 0) is 4.74 Å². The van der Waals surface area contributed by atoms with Crippen LogP contribution in [0.2, 0.25) is 0 Å². The summed E-state index contributed by atoms with van der Waals surface area (Å²) in [6.45, 7) is 5.40. The van der Waals surface area contributed by atoms with Gasteiger partial charge in [-0.3, -0.25) is 0 Å². The second kappa shape index (κ2) is 6.61. The Morgan fingerprint density at radius 1 is 1.31 bits per heavy atom. The summed E-state index contributed by atoms with van der Waals surface area (Å²) in [6, 6.07) is 0.723. The van der Waals surface area contributed by atoms with E-state index >= 15 is 0 Å². The Morgan fingerprint density at radius 2 is 2.19 bits per heavy atom. The van der Waals surface area contributed by atoms with Gasteiger partial charge in [-0.2, -0.15) is 0 Å². The van der Waals surface area contributed by atoms with Gasteiger partial charge in [0.1, 0.15) is 0 Å². The minimum absolute atomic E-state index is 0.723. The van der Waals surface area contributed by atoms with Gasteiger partial charge in [0.2, 0.25) is 0 Å². The molecule has 1 saturated carbocycles. The summed E-state index contributed by atoms with van der Waals surface area (Å²) < 4.78 is 5.63. The molecule has 2 nitrogen and oxygen atoms in total. The molecule has 94 valence electrons. The lowest BCUT2D eigenvalue weighted by atomic mass is 9.90. The van der Waals surface area contributed by atoms with E-state index < -0.39 is 0 Å². The fraction of sp³-hybridized carbons (Fsp3) is 1.00. The van der Waals surface area contributed by atoms with E-state index in [-0.39, 0.29) is 0 Å². The summed E-state index contributed by atoms with van der Waals surface area (Å²) >= 11 is 0. The van der Waals surface area contributed by atoms with Gasteiger partial charge in [-0.1, -0.05) is 19.8 Å². The molecule has 0 spiro atoms. The van der Waals surface area contributed by atoms with Gasteiger partial charge >= 0.3 is 0 Å². The first-order valence-corrected chi connectivity index (χ1v) is 7.21. The highest BCUT2D eigenvalue weighted by atomic mass is 16.5. The number of hydrogen-bond donors (Lipinski definition) is 1. The number of ether oxygens (including phenoxy) is 1. The van der Waals surface area contributed by atoms with Crippen LogP contribution in [0.1, 0.15) is 51.9 Å². The maximum atomic E-state index is 5.63. The quantitative estimate of drug-likeness (QED) is 0.719. The van der Waals surface area contributed by atoms with Crippen molar-refractivity contribution >= 4 is 0 Å². The summed E-state index contributed by atoms with van der Waals surface area (Å²) in [7, 11) is 0. The lowest BCUT2D eigenvalue weighted by Gasteiger charge is -2.31. The highest BCUT2D eigenvalue weighted by molar-refractivity contribution is 4.82. The van der Waals surface area contributed by atoms with Crippen LogP contribution in [0, 0.1) is 11.8 Å². The van der Waals surface area contributed by atoms with Gasteiger partial charge in [0.25, 0.3) is 0 Å². The lowest BCUT2D eigenvalue weighted by Crippen LogP contribution is -2.40. The predicted octanol–water partition coefficient (Wildman–Crippen LogP) is 2.97. The van der Waals surface area contributed by atoms with Gasteiger partial charge in [-0.05, 0) is 50.5 Å². The van der Waals surface area contributed by atoms with Crippen LogP contribution >= 0.6 is 0 Å². The van der Waals surface area contributed by atoms with E-state index in [0.717, 1.165) is 31.1 Å². The molecule has 1 saturated heterocycles. The standard InChI is InChI=1S/C14H27NO/c1-2-9-15-14(8-7-12-5-6-12)13-4-3-10-16-11-13/h12-15H,2-11H2,1H3. The highest BCUT2D eigenvalue weighted by Crippen LogP contribution is 2.35. The second-order valence-corrected chi connectivity index (χ2v) is 5.56. The molecule has 0 bridgehead atoms. The molecule has 2 heteroatoms. The van der Waals surface area contributed by atoms with Crippen LogP contribution in [0.4, 0.5) is 0 Å². The van der Waals surface area contributed by atoms with Crippen LogP contribution in [0.5, 0.6) is 0 Å². The van der Waals surface area contributed by atoms with Crippen molar-refractivity contribution in [2.24, 2.45) is 11.8 Å². The zero-order valence-corrected chi connectivity index (χ0v) is 10.7. The Labute approximate surface area is 100 Å². The third-order valence-electron chi connectivity index (χ3n) is 4.00. The Hall–Kier alpha value is -0.0800. The average Bonchev–Trinajstić information content (AvgIpc) is 3.14. The number of hydrogen-bond acceptors (Lipinski definition) is 2. The van der Waals surface area contributed by atoms with Gasteiger partial charge in [0, 0.05) is 12.6 Å². The Kier molecular flexibility index (Phi) is 5.11. The van der Waals surface area contributed by atoms with E-state index in [1.807, 2.05) is 0 Å². The van der Waals surface area contributed by atoms with Crippen molar-refractivity contribution in [1.29, 1.82) is 0 Å². The second-order valence-electron chi connectivity index (χ2n) is 5.56. The SMILES string of the molecule is CCCNC(CCC1CC1)C1CCCOC1. The van der Waals surface area contributed by atoms with Crippen molar-refractivity contribution in [2.45, 2.75) is 57.9 Å². The van der Waals surface area contributed by atoms with Crippen molar-refractivity contribution in [3.05, 3.63) is 0 Å². The molecule has 1 N–H and O–H groups in total. The molecule has 0 radical (unpaired) electrons. The third kappa shape index (κ3) is 4.06. The first-order valence-electron chi connectivity index (χ1n) is 7.21. The van der Waals surface area contributed by atoms with Gasteiger partial charge < -0.3 is 10.1 Å². The molecule has 0 amide bonds. The van der Waals surface area contributed by atoms with Crippen molar-refractivity contribution in [1.82, 2.24) is 5.32 Å². The molecule has 1 aliphatic carbocycles. The number of rotatable bonds is 7. The van der Waals surface area contributed by atoms with Crippen LogP contribution in [0.3, 0.4) is 0 Å². The highest BCUT2D eigenvalue weighted by Gasteiger charge is 2.27. The van der Waals surface area contributed by atoms with E-state index in [4.69, 9.17) is 4.74 Å². The van der Waals surface area contributed by atoms with Crippen molar-refractivity contribution < 1.29 is 4.74 Å². The minimum atomic E-state index is 0.723. The van der Waals surface area contributed by atoms with Crippen molar-refractivity contribution in [2.75, 3.05) is 19.8 Å². The van der Waals surface area contributed by atoms with E-state index in [0.29, 0.717) is 0 Å². The molecule has 2 aliphatic rings. The normalized spacial score (nSPS) is 27.9. The molecule has 2 rings (SSSR count). The fourth-order valence-electron chi connectivity index (χ4n) is 2.74. The third-order valence-corrected chi connectivity index (χ3v) is 4.00. The van der Waals surface area contributed by atoms with Gasteiger partial charge in [0.05, 0.1) is 6.61 Å². The Balaban J connectivity index is 1.73. The Bertz CT molecular complexity index is 185. The molecular formula is C14H27NO. The van der Waals surface area contributed by atoms with Crippen molar-refractivity contribution in [3.8, 4) is 0 Å². The molecule has 0 aromatic heterocycles. The van der Waals surface area contributed by atoms with E-state index in [9.17, 15) is 0 Å². The molecular weight excluding hydrogens is 198 g/mol. The first kappa shape index (κ1) is 12.4. The fourth-order valence-corrected chi connectivity index (χ4v) is 2.74. The summed E-state index contributed by atoms with van der Waals surface area (Å²) in [5.41, 5.74) is 0. The number of nitrogens with one attached hydrogen (secondary N) is 1. The molecule has 0 aromatic rings. The van der Waals surface area contributed by atoms with Gasteiger partial charge in [0.15, 0.2) is 0 Å². The molecule has 2 atom stereocenters. The molecule has 1 heterocycles. The van der Waals surface area contributed by atoms with Crippen LogP contribution in [0.15, 0.2) is 0 Å². The maximum absolute atomic E-state index is 5.63. The molecule has 2 unspecified atom stereocenters. The monoisotopic (exact) mass is 225 g/mol. The first-order chi connectivity index (χ1) is 7.90. The molecule has 1 aliphatic heterocycles. The Morgan fingerprint density at radius 3 is 2.81 bits per heavy atom. The zero-order valence-electron chi connectivity index (χ0n) is 10.7. The average molecular weight is 225 g/mol. The van der Waals surface area contributed by atoms with Gasteiger partial charge in [-0.25, -0.2) is 0 Å². The lowest BCUT2D eigenvalue weighted by molar-refractivity contribution is 0.0374.